The van der Waals surface area contributed by atoms with Crippen LogP contribution in [-0.2, 0) is 11.3 Å². The van der Waals surface area contributed by atoms with Crippen LogP contribution in [0.1, 0.15) is 17.2 Å². The Labute approximate surface area is 200 Å². The second-order valence-electron chi connectivity index (χ2n) is 7.64. The van der Waals surface area contributed by atoms with Gasteiger partial charge in [0, 0.05) is 10.6 Å². The number of hydrogen-bond acceptors (Lipinski definition) is 5. The molecule has 0 unspecified atom stereocenters. The predicted octanol–water partition coefficient (Wildman–Crippen LogP) is 4.59. The third kappa shape index (κ3) is 4.62. The number of nitrogens with zero attached hydrogens (tertiary/aromatic N) is 3. The Balaban J connectivity index is 1.39. The number of anilines is 1. The summed E-state index contributed by atoms with van der Waals surface area (Å²) in [5.41, 5.74) is 2.76. The lowest BCUT2D eigenvalue weighted by Crippen LogP contribution is -2.39. The van der Waals surface area contributed by atoms with Crippen molar-refractivity contribution in [3.05, 3.63) is 107 Å². The maximum atomic E-state index is 13.6. The van der Waals surface area contributed by atoms with E-state index in [1.807, 2.05) is 71.6 Å². The number of carbonyl (C=O) groups is 1. The Morgan fingerprint density at radius 2 is 1.70 bits per heavy atom. The zero-order valence-corrected chi connectivity index (χ0v) is 19.4. The molecule has 0 saturated heterocycles. The molecule has 1 amide bonds. The van der Waals surface area contributed by atoms with Crippen molar-refractivity contribution in [1.29, 1.82) is 0 Å². The minimum Gasteiger partial charge on any atom is -0.302 e. The number of hydrogen-bond donors (Lipinski definition) is 1. The number of para-hydroxylation sites is 1. The molecule has 0 bridgehead atoms. The molecule has 1 aromatic heterocycles. The zero-order chi connectivity index (χ0) is 22.6. The van der Waals surface area contributed by atoms with Gasteiger partial charge in [-0.15, -0.1) is 16.9 Å². The fraction of sp³-hybridized carbons (Fsp3) is 0.160. The summed E-state index contributed by atoms with van der Waals surface area (Å²) >= 11 is 3.05. The van der Waals surface area contributed by atoms with Crippen LogP contribution in [0.4, 0.5) is 5.69 Å². The Morgan fingerprint density at radius 1 is 1.00 bits per heavy atom. The second kappa shape index (κ2) is 9.72. The van der Waals surface area contributed by atoms with E-state index in [9.17, 15) is 9.59 Å². The van der Waals surface area contributed by atoms with Gasteiger partial charge in [-0.3, -0.25) is 9.36 Å². The Hall–Kier alpha value is -3.23. The summed E-state index contributed by atoms with van der Waals surface area (Å²) in [4.78, 5) is 28.9. The lowest BCUT2D eigenvalue weighted by atomic mass is 10.1. The largest absolute Gasteiger partial charge is 0.344 e. The van der Waals surface area contributed by atoms with Crippen molar-refractivity contribution in [2.24, 2.45) is 0 Å². The van der Waals surface area contributed by atoms with Crippen LogP contribution >= 0.6 is 23.5 Å². The van der Waals surface area contributed by atoms with Crippen molar-refractivity contribution in [2.45, 2.75) is 22.6 Å². The summed E-state index contributed by atoms with van der Waals surface area (Å²) in [6.07, 6.45) is 0. The molecule has 0 fully saturated rings. The molecular formula is C25H22N4O2S2. The average molecular weight is 475 g/mol. The SMILES string of the molecule is O=C(CSc1n[nH]c(=O)n1Cc1ccccc1)N1c2ccccc2SC[C@@H]1c1ccccc1. The summed E-state index contributed by atoms with van der Waals surface area (Å²) in [6.45, 7) is 0.405. The minimum absolute atomic E-state index is 0.0108. The van der Waals surface area contributed by atoms with Crippen LogP contribution in [0.2, 0.25) is 0 Å². The van der Waals surface area contributed by atoms with Gasteiger partial charge in [0.1, 0.15) is 0 Å². The van der Waals surface area contributed by atoms with Gasteiger partial charge in [-0.25, -0.2) is 9.89 Å². The maximum Gasteiger partial charge on any atom is 0.344 e. The first-order chi connectivity index (χ1) is 16.2. The second-order valence-corrected chi connectivity index (χ2v) is 9.65. The van der Waals surface area contributed by atoms with Gasteiger partial charge in [0.15, 0.2) is 5.16 Å². The third-order valence-electron chi connectivity index (χ3n) is 5.52. The fourth-order valence-electron chi connectivity index (χ4n) is 3.93. The van der Waals surface area contributed by atoms with Crippen LogP contribution in [0.25, 0.3) is 0 Å². The Morgan fingerprint density at radius 3 is 2.48 bits per heavy atom. The highest BCUT2D eigenvalue weighted by atomic mass is 32.2. The number of benzene rings is 3. The van der Waals surface area contributed by atoms with E-state index in [0.717, 1.165) is 27.5 Å². The van der Waals surface area contributed by atoms with Crippen LogP contribution in [0, 0.1) is 0 Å². The van der Waals surface area contributed by atoms with Crippen molar-refractivity contribution in [3.8, 4) is 0 Å². The number of thioether (sulfide) groups is 2. The van der Waals surface area contributed by atoms with Crippen molar-refractivity contribution in [2.75, 3.05) is 16.4 Å². The molecule has 6 nitrogen and oxygen atoms in total. The van der Waals surface area contributed by atoms with Crippen LogP contribution in [-0.4, -0.2) is 32.2 Å². The lowest BCUT2D eigenvalue weighted by molar-refractivity contribution is -0.116. The quantitative estimate of drug-likeness (QED) is 0.414. The number of carbonyl (C=O) groups excluding carboxylic acids is 1. The molecule has 0 radical (unpaired) electrons. The van der Waals surface area contributed by atoms with Gasteiger partial charge in [0.05, 0.1) is 24.0 Å². The molecular weight excluding hydrogens is 452 g/mol. The summed E-state index contributed by atoms with van der Waals surface area (Å²) in [7, 11) is 0. The van der Waals surface area contributed by atoms with Crippen molar-refractivity contribution >= 4 is 35.1 Å². The number of H-pyrrole nitrogens is 1. The van der Waals surface area contributed by atoms with Crippen LogP contribution in [0.3, 0.4) is 0 Å². The first-order valence-corrected chi connectivity index (χ1v) is 12.6. The minimum atomic E-state index is -0.282. The van der Waals surface area contributed by atoms with Crippen molar-refractivity contribution in [3.63, 3.8) is 0 Å². The molecule has 1 aliphatic rings. The maximum absolute atomic E-state index is 13.6. The molecule has 33 heavy (non-hydrogen) atoms. The molecule has 1 N–H and O–H groups in total. The van der Waals surface area contributed by atoms with E-state index in [1.165, 1.54) is 11.8 Å². The third-order valence-corrected chi connectivity index (χ3v) is 7.62. The number of rotatable bonds is 6. The molecule has 8 heteroatoms. The standard InChI is InChI=1S/C25H22N4O2S2/c30-23(17-33-25-27-26-24(31)28(25)15-18-9-3-1-4-10-18)29-20-13-7-8-14-22(20)32-16-21(29)19-11-5-2-6-12-19/h1-14,21H,15-17H2,(H,26,31)/t21-/m1/s1. The van der Waals surface area contributed by atoms with E-state index in [4.69, 9.17) is 0 Å². The highest BCUT2D eigenvalue weighted by Crippen LogP contribution is 2.43. The van der Waals surface area contributed by atoms with Crippen LogP contribution < -0.4 is 10.6 Å². The predicted molar refractivity (Wildman–Crippen MR) is 133 cm³/mol. The van der Waals surface area contributed by atoms with E-state index in [0.29, 0.717) is 11.7 Å². The zero-order valence-electron chi connectivity index (χ0n) is 17.8. The monoisotopic (exact) mass is 474 g/mol. The highest BCUT2D eigenvalue weighted by Gasteiger charge is 2.32. The van der Waals surface area contributed by atoms with Crippen LogP contribution in [0.15, 0.2) is 99.8 Å². The number of aromatic nitrogens is 3. The molecule has 1 aliphatic heterocycles. The van der Waals surface area contributed by atoms with Crippen molar-refractivity contribution < 1.29 is 4.79 Å². The first-order valence-electron chi connectivity index (χ1n) is 10.6. The summed E-state index contributed by atoms with van der Waals surface area (Å²) < 4.78 is 1.57. The van der Waals surface area contributed by atoms with E-state index in [-0.39, 0.29) is 23.4 Å². The fourth-order valence-corrected chi connectivity index (χ4v) is 5.91. The number of fused-ring (bicyclic) bond motifs is 1. The van der Waals surface area contributed by atoms with Crippen molar-refractivity contribution in [1.82, 2.24) is 14.8 Å². The van der Waals surface area contributed by atoms with Gasteiger partial charge >= 0.3 is 5.69 Å². The molecule has 166 valence electrons. The summed E-state index contributed by atoms with van der Waals surface area (Å²) in [6, 6.07) is 27.8. The highest BCUT2D eigenvalue weighted by molar-refractivity contribution is 8.00. The van der Waals surface area contributed by atoms with Crippen LogP contribution in [0.5, 0.6) is 0 Å². The number of nitrogens with one attached hydrogen (secondary N) is 1. The number of aromatic amines is 1. The molecule has 5 rings (SSSR count). The lowest BCUT2D eigenvalue weighted by Gasteiger charge is -2.37. The van der Waals surface area contributed by atoms with E-state index < -0.39 is 0 Å². The smallest absolute Gasteiger partial charge is 0.302 e. The van der Waals surface area contributed by atoms with Gasteiger partial charge < -0.3 is 4.90 Å². The van der Waals surface area contributed by atoms with Gasteiger partial charge in [0.2, 0.25) is 5.91 Å². The molecule has 0 aliphatic carbocycles. The Kier molecular flexibility index (Phi) is 6.37. The molecule has 3 aromatic carbocycles. The Bertz CT molecular complexity index is 1300. The van der Waals surface area contributed by atoms with E-state index in [2.05, 4.69) is 28.4 Å². The normalized spacial score (nSPS) is 15.3. The molecule has 2 heterocycles. The summed E-state index contributed by atoms with van der Waals surface area (Å²) in [5, 5.41) is 7.19. The molecule has 4 aromatic rings. The van der Waals surface area contributed by atoms with Gasteiger partial charge in [-0.05, 0) is 23.3 Å². The van der Waals surface area contributed by atoms with Gasteiger partial charge in [0.25, 0.3) is 0 Å². The van der Waals surface area contributed by atoms with E-state index >= 15 is 0 Å². The first kappa shape index (κ1) is 21.6. The van der Waals surface area contributed by atoms with Gasteiger partial charge in [-0.1, -0.05) is 84.6 Å². The topological polar surface area (TPSA) is 71.0 Å². The molecule has 0 spiro atoms. The summed E-state index contributed by atoms with van der Waals surface area (Å²) in [5.74, 6) is 0.961. The molecule has 1 atom stereocenters. The average Bonchev–Trinajstić information content (AvgIpc) is 3.21. The molecule has 0 saturated carbocycles. The number of amides is 1. The van der Waals surface area contributed by atoms with E-state index in [1.54, 1.807) is 16.3 Å². The van der Waals surface area contributed by atoms with Gasteiger partial charge in [-0.2, -0.15) is 0 Å².